The largest absolute Gasteiger partial charge is 0.465 e. The number of carbonyl (C=O) groups excluding carboxylic acids is 1. The van der Waals surface area contributed by atoms with Gasteiger partial charge < -0.3 is 14.9 Å². The first kappa shape index (κ1) is 10.8. The molecular weight excluding hydrogens is 182 g/mol. The maximum Gasteiger partial charge on any atom is 0.341 e. The van der Waals surface area contributed by atoms with Gasteiger partial charge in [0.05, 0.1) is 7.11 Å². The third-order valence-electron chi connectivity index (χ3n) is 1.90. The van der Waals surface area contributed by atoms with Gasteiger partial charge in [0.1, 0.15) is 17.1 Å². The third-order valence-corrected chi connectivity index (χ3v) is 1.90. The molecule has 0 aromatic carbocycles. The van der Waals surface area contributed by atoms with Crippen molar-refractivity contribution in [1.29, 1.82) is 0 Å². The van der Waals surface area contributed by atoms with E-state index in [1.54, 1.807) is 13.0 Å². The molecule has 0 aliphatic rings. The molecule has 14 heavy (non-hydrogen) atoms. The van der Waals surface area contributed by atoms with Crippen LogP contribution in [0.5, 0.6) is 0 Å². The van der Waals surface area contributed by atoms with Crippen LogP contribution in [0.25, 0.3) is 0 Å². The van der Waals surface area contributed by atoms with Gasteiger partial charge in [0.15, 0.2) is 0 Å². The summed E-state index contributed by atoms with van der Waals surface area (Å²) in [7, 11) is 1.35. The van der Waals surface area contributed by atoms with E-state index >= 15 is 0 Å². The minimum atomic E-state index is -0.373. The Hall–Kier alpha value is -1.29. The molecule has 0 aliphatic carbocycles. The molecule has 1 aromatic rings. The molecule has 1 unspecified atom stereocenters. The van der Waals surface area contributed by atoms with E-state index in [-0.39, 0.29) is 12.0 Å². The monoisotopic (exact) mass is 197 g/mol. The Kier molecular flexibility index (Phi) is 3.30. The topological polar surface area (TPSA) is 65.5 Å². The van der Waals surface area contributed by atoms with Crippen LogP contribution in [-0.2, 0) is 11.2 Å². The highest BCUT2D eigenvalue weighted by molar-refractivity contribution is 5.90. The van der Waals surface area contributed by atoms with Crippen LogP contribution in [0, 0.1) is 6.92 Å². The van der Waals surface area contributed by atoms with Gasteiger partial charge in [0, 0.05) is 12.5 Å². The summed E-state index contributed by atoms with van der Waals surface area (Å²) >= 11 is 0. The van der Waals surface area contributed by atoms with E-state index in [4.69, 9.17) is 10.2 Å². The molecule has 4 nitrogen and oxygen atoms in total. The first-order chi connectivity index (χ1) is 6.54. The number of nitrogens with two attached hydrogens (primary N) is 1. The fourth-order valence-corrected chi connectivity index (χ4v) is 1.27. The molecule has 78 valence electrons. The van der Waals surface area contributed by atoms with E-state index in [0.717, 1.165) is 5.76 Å². The van der Waals surface area contributed by atoms with E-state index in [9.17, 15) is 4.79 Å². The maximum atomic E-state index is 11.2. The molecule has 1 atom stereocenters. The molecule has 1 aromatic heterocycles. The Morgan fingerprint density at radius 1 is 1.71 bits per heavy atom. The van der Waals surface area contributed by atoms with Gasteiger partial charge in [-0.25, -0.2) is 4.79 Å². The fraction of sp³-hybridized carbons (Fsp3) is 0.500. The van der Waals surface area contributed by atoms with Gasteiger partial charge in [-0.1, -0.05) is 0 Å². The Labute approximate surface area is 83.0 Å². The van der Waals surface area contributed by atoms with Crippen molar-refractivity contribution in [2.24, 2.45) is 5.73 Å². The predicted molar refractivity (Wildman–Crippen MR) is 52.1 cm³/mol. The lowest BCUT2D eigenvalue weighted by atomic mass is 10.2. The SMILES string of the molecule is COC(=O)c1cc(CC(C)N)oc1C. The average Bonchev–Trinajstić information content (AvgIpc) is 2.44. The van der Waals surface area contributed by atoms with Gasteiger partial charge in [-0.15, -0.1) is 0 Å². The van der Waals surface area contributed by atoms with Crippen LogP contribution in [0.1, 0.15) is 28.8 Å². The second-order valence-corrected chi connectivity index (χ2v) is 3.36. The molecular formula is C10H15NO3. The number of carbonyl (C=O) groups is 1. The molecule has 0 spiro atoms. The summed E-state index contributed by atoms with van der Waals surface area (Å²) in [5.74, 6) is 0.924. The van der Waals surface area contributed by atoms with Crippen molar-refractivity contribution in [1.82, 2.24) is 0 Å². The number of hydrogen-bond donors (Lipinski definition) is 1. The summed E-state index contributed by atoms with van der Waals surface area (Å²) < 4.78 is 9.97. The fourth-order valence-electron chi connectivity index (χ4n) is 1.27. The molecule has 0 saturated carbocycles. The minimum Gasteiger partial charge on any atom is -0.465 e. The van der Waals surface area contributed by atoms with Crippen molar-refractivity contribution in [3.05, 3.63) is 23.2 Å². The van der Waals surface area contributed by atoms with Crippen LogP contribution >= 0.6 is 0 Å². The van der Waals surface area contributed by atoms with E-state index in [2.05, 4.69) is 4.74 Å². The standard InChI is InChI=1S/C10H15NO3/c1-6(11)4-8-5-9(7(2)14-8)10(12)13-3/h5-6H,4,11H2,1-3H3. The summed E-state index contributed by atoms with van der Waals surface area (Å²) in [5, 5.41) is 0. The van der Waals surface area contributed by atoms with Crippen molar-refractivity contribution in [3.63, 3.8) is 0 Å². The van der Waals surface area contributed by atoms with Gasteiger partial charge in [-0.05, 0) is 19.9 Å². The average molecular weight is 197 g/mol. The van der Waals surface area contributed by atoms with Crippen LogP contribution in [0.15, 0.2) is 10.5 Å². The Morgan fingerprint density at radius 3 is 2.86 bits per heavy atom. The van der Waals surface area contributed by atoms with Crippen molar-refractivity contribution in [2.45, 2.75) is 26.3 Å². The predicted octanol–water partition coefficient (Wildman–Crippen LogP) is 1.26. The van der Waals surface area contributed by atoms with Crippen LogP contribution in [-0.4, -0.2) is 19.1 Å². The quantitative estimate of drug-likeness (QED) is 0.741. The molecule has 0 aliphatic heterocycles. The van der Waals surface area contributed by atoms with E-state index < -0.39 is 0 Å². The smallest absolute Gasteiger partial charge is 0.341 e. The van der Waals surface area contributed by atoms with Crippen molar-refractivity contribution in [2.75, 3.05) is 7.11 Å². The van der Waals surface area contributed by atoms with Crippen LogP contribution in [0.3, 0.4) is 0 Å². The molecule has 1 heterocycles. The highest BCUT2D eigenvalue weighted by Crippen LogP contribution is 2.16. The summed E-state index contributed by atoms with van der Waals surface area (Å²) in [5.41, 5.74) is 6.09. The first-order valence-electron chi connectivity index (χ1n) is 4.47. The lowest BCUT2D eigenvalue weighted by Gasteiger charge is -1.99. The molecule has 1 rings (SSSR count). The van der Waals surface area contributed by atoms with Crippen LogP contribution in [0.2, 0.25) is 0 Å². The number of methoxy groups -OCH3 is 1. The number of furan rings is 1. The number of hydrogen-bond acceptors (Lipinski definition) is 4. The van der Waals surface area contributed by atoms with Gasteiger partial charge in [-0.2, -0.15) is 0 Å². The molecule has 0 radical (unpaired) electrons. The summed E-state index contributed by atoms with van der Waals surface area (Å²) in [6.45, 7) is 3.62. The van der Waals surface area contributed by atoms with Gasteiger partial charge >= 0.3 is 5.97 Å². The zero-order valence-electron chi connectivity index (χ0n) is 8.66. The van der Waals surface area contributed by atoms with E-state index in [0.29, 0.717) is 17.7 Å². The normalized spacial score (nSPS) is 12.6. The highest BCUT2D eigenvalue weighted by Gasteiger charge is 2.15. The van der Waals surface area contributed by atoms with Crippen LogP contribution in [0.4, 0.5) is 0 Å². The Bertz CT molecular complexity index is 328. The van der Waals surface area contributed by atoms with Crippen molar-refractivity contribution in [3.8, 4) is 0 Å². The van der Waals surface area contributed by atoms with Gasteiger partial charge in [0.2, 0.25) is 0 Å². The maximum absolute atomic E-state index is 11.2. The minimum absolute atomic E-state index is 0.0195. The van der Waals surface area contributed by atoms with E-state index in [1.165, 1.54) is 7.11 Å². The number of esters is 1. The number of rotatable bonds is 3. The first-order valence-corrected chi connectivity index (χ1v) is 4.47. The second-order valence-electron chi connectivity index (χ2n) is 3.36. The second kappa shape index (κ2) is 4.28. The number of aryl methyl sites for hydroxylation is 1. The van der Waals surface area contributed by atoms with Crippen molar-refractivity contribution >= 4 is 5.97 Å². The molecule has 2 N–H and O–H groups in total. The summed E-state index contributed by atoms with van der Waals surface area (Å²) in [4.78, 5) is 11.2. The van der Waals surface area contributed by atoms with Gasteiger partial charge in [-0.3, -0.25) is 0 Å². The summed E-state index contributed by atoms with van der Waals surface area (Å²) in [6.07, 6.45) is 0.623. The van der Waals surface area contributed by atoms with Crippen molar-refractivity contribution < 1.29 is 13.9 Å². The molecule has 4 heteroatoms. The molecule has 0 fully saturated rings. The number of ether oxygens (including phenoxy) is 1. The highest BCUT2D eigenvalue weighted by atomic mass is 16.5. The Balaban J connectivity index is 2.87. The molecule has 0 bridgehead atoms. The lowest BCUT2D eigenvalue weighted by molar-refractivity contribution is 0.0599. The van der Waals surface area contributed by atoms with Gasteiger partial charge in [0.25, 0.3) is 0 Å². The lowest BCUT2D eigenvalue weighted by Crippen LogP contribution is -2.17. The summed E-state index contributed by atoms with van der Waals surface area (Å²) in [6, 6.07) is 1.70. The zero-order valence-corrected chi connectivity index (χ0v) is 8.66. The molecule has 0 amide bonds. The Morgan fingerprint density at radius 2 is 2.36 bits per heavy atom. The van der Waals surface area contributed by atoms with Crippen LogP contribution < -0.4 is 5.73 Å². The zero-order chi connectivity index (χ0) is 10.7. The third kappa shape index (κ3) is 2.35. The van der Waals surface area contributed by atoms with E-state index in [1.807, 2.05) is 6.92 Å². The molecule has 0 saturated heterocycles.